The number of halogens is 1. The molecule has 0 saturated carbocycles. The van der Waals surface area contributed by atoms with Gasteiger partial charge in [0.05, 0.1) is 10.7 Å². The smallest absolute Gasteiger partial charge is 0.169 e. The van der Waals surface area contributed by atoms with E-state index in [4.69, 9.17) is 16.7 Å². The maximum atomic E-state index is 6.63. The van der Waals surface area contributed by atoms with Gasteiger partial charge in [-0.15, -0.1) is 0 Å². The van der Waals surface area contributed by atoms with Crippen molar-refractivity contribution >= 4 is 17.4 Å². The molecule has 0 aliphatic carbocycles. The molecule has 0 bridgehead atoms. The van der Waals surface area contributed by atoms with E-state index in [9.17, 15) is 0 Å². The van der Waals surface area contributed by atoms with Gasteiger partial charge in [-0.1, -0.05) is 11.6 Å². The van der Waals surface area contributed by atoms with E-state index in [0.29, 0.717) is 6.04 Å². The number of nitrogens with zero attached hydrogens (tertiary/aromatic N) is 5. The van der Waals surface area contributed by atoms with Crippen LogP contribution in [0.5, 0.6) is 0 Å². The Hall–Kier alpha value is -1.11. The lowest BCUT2D eigenvalue weighted by molar-refractivity contribution is 0.216. The Morgan fingerprint density at radius 2 is 2.10 bits per heavy atom. The number of fused-ring (bicyclic) bond motifs is 1. The summed E-state index contributed by atoms with van der Waals surface area (Å²) >= 11 is 6.63. The second-order valence-corrected chi connectivity index (χ2v) is 6.44. The van der Waals surface area contributed by atoms with Crippen molar-refractivity contribution in [3.05, 3.63) is 16.4 Å². The van der Waals surface area contributed by atoms with Gasteiger partial charge in [0.25, 0.3) is 0 Å². The highest BCUT2D eigenvalue weighted by atomic mass is 35.5. The van der Waals surface area contributed by atoms with Crippen LogP contribution in [-0.2, 0) is 13.1 Å². The Kier molecular flexibility index (Phi) is 3.94. The zero-order valence-electron chi connectivity index (χ0n) is 13.1. The summed E-state index contributed by atoms with van der Waals surface area (Å²) in [6.45, 7) is 9.31. The predicted molar refractivity (Wildman–Crippen MR) is 84.3 cm³/mol. The fraction of sp³-hybridized carbons (Fsp3) is 0.714. The first kappa shape index (κ1) is 14.8. The Balaban J connectivity index is 1.97. The van der Waals surface area contributed by atoms with Gasteiger partial charge >= 0.3 is 0 Å². The van der Waals surface area contributed by atoms with Crippen molar-refractivity contribution in [3.63, 3.8) is 0 Å². The summed E-state index contributed by atoms with van der Waals surface area (Å²) in [4.78, 5) is 7.02. The second kappa shape index (κ2) is 5.59. The van der Waals surface area contributed by atoms with Crippen molar-refractivity contribution in [3.8, 4) is 0 Å². The highest BCUT2D eigenvalue weighted by Crippen LogP contribution is 2.27. The second-order valence-electron chi connectivity index (χ2n) is 6.07. The highest BCUT2D eigenvalue weighted by Gasteiger charge is 2.29. The van der Waals surface area contributed by atoms with Crippen LogP contribution < -0.4 is 5.43 Å². The minimum Gasteiger partial charge on any atom is -0.295 e. The number of aliphatic imine (C=N–C) groups is 1. The lowest BCUT2D eigenvalue weighted by Crippen LogP contribution is -2.36. The molecule has 7 heteroatoms. The molecule has 1 N–H and O–H groups in total. The number of hydrazine groups is 1. The summed E-state index contributed by atoms with van der Waals surface area (Å²) in [6, 6.07) is 0.513. The Morgan fingerprint density at radius 1 is 1.33 bits per heavy atom. The third-order valence-electron chi connectivity index (χ3n) is 4.12. The highest BCUT2D eigenvalue weighted by molar-refractivity contribution is 6.34. The summed E-state index contributed by atoms with van der Waals surface area (Å²) in [5, 5.41) is 7.36. The van der Waals surface area contributed by atoms with Gasteiger partial charge in [0.15, 0.2) is 5.84 Å². The van der Waals surface area contributed by atoms with Crippen molar-refractivity contribution in [2.45, 2.75) is 52.5 Å². The molecule has 0 fully saturated rings. The number of hydrogen-bond donors (Lipinski definition) is 1. The van der Waals surface area contributed by atoms with Crippen LogP contribution in [-0.4, -0.2) is 51.3 Å². The van der Waals surface area contributed by atoms with Gasteiger partial charge in [0.1, 0.15) is 11.9 Å². The summed E-state index contributed by atoms with van der Waals surface area (Å²) in [5.41, 5.74) is 5.12. The van der Waals surface area contributed by atoms with Gasteiger partial charge in [-0.05, 0) is 27.2 Å². The van der Waals surface area contributed by atoms with Crippen LogP contribution in [0.25, 0.3) is 0 Å². The number of aryl methyl sites for hydroxylation is 1. The molecular formula is C14H23ClN6. The summed E-state index contributed by atoms with van der Waals surface area (Å²) in [7, 11) is 1.95. The van der Waals surface area contributed by atoms with Gasteiger partial charge in [-0.25, -0.2) is 10.4 Å². The van der Waals surface area contributed by atoms with Crippen LogP contribution >= 0.6 is 11.6 Å². The first-order valence-corrected chi connectivity index (χ1v) is 7.92. The summed E-state index contributed by atoms with van der Waals surface area (Å²) < 4.78 is 2.05. The van der Waals surface area contributed by atoms with Crippen molar-refractivity contribution < 1.29 is 0 Å². The summed E-state index contributed by atoms with van der Waals surface area (Å²) in [6.07, 6.45) is 1.16. The normalized spacial score (nSPS) is 23.4. The minimum atomic E-state index is 0.0646. The Bertz CT molecular complexity index is 564. The molecule has 3 rings (SSSR count). The van der Waals surface area contributed by atoms with Crippen molar-refractivity contribution in [1.29, 1.82) is 0 Å². The Morgan fingerprint density at radius 3 is 2.71 bits per heavy atom. The van der Waals surface area contributed by atoms with Crippen LogP contribution in [0, 0.1) is 0 Å². The van der Waals surface area contributed by atoms with Crippen molar-refractivity contribution in [1.82, 2.24) is 25.1 Å². The molecule has 6 nitrogen and oxygen atoms in total. The maximum Gasteiger partial charge on any atom is 0.169 e. The number of aromatic nitrogens is 2. The van der Waals surface area contributed by atoms with Crippen molar-refractivity contribution in [2.24, 2.45) is 4.99 Å². The van der Waals surface area contributed by atoms with E-state index in [1.165, 1.54) is 0 Å². The molecular weight excluding hydrogens is 288 g/mol. The average molecular weight is 311 g/mol. The number of nitrogens with one attached hydrogen (secondary N) is 1. The molecule has 21 heavy (non-hydrogen) atoms. The minimum absolute atomic E-state index is 0.0646. The molecule has 1 aromatic rings. The fourth-order valence-electron chi connectivity index (χ4n) is 2.95. The van der Waals surface area contributed by atoms with Crippen molar-refractivity contribution in [2.75, 3.05) is 13.6 Å². The first-order valence-electron chi connectivity index (χ1n) is 7.54. The van der Waals surface area contributed by atoms with E-state index in [-0.39, 0.29) is 6.17 Å². The molecule has 3 heterocycles. The molecule has 0 amide bonds. The van der Waals surface area contributed by atoms with Crippen LogP contribution in [0.3, 0.4) is 0 Å². The molecule has 2 aliphatic rings. The van der Waals surface area contributed by atoms with Gasteiger partial charge in [0.2, 0.25) is 0 Å². The van der Waals surface area contributed by atoms with Crippen LogP contribution in [0.15, 0.2) is 4.99 Å². The Labute approximate surface area is 130 Å². The molecule has 2 aliphatic heterocycles. The van der Waals surface area contributed by atoms with Crippen LogP contribution in [0.4, 0.5) is 0 Å². The molecule has 1 unspecified atom stereocenters. The molecule has 0 saturated heterocycles. The standard InChI is InChI=1S/C14H23ClN6/c1-9(2)20-6-5-7-21-11(8-20)12(15)13(18-21)14-16-10(3)17-19(14)4/h9-10,17H,5-8H2,1-4H3. The maximum absolute atomic E-state index is 6.63. The molecule has 116 valence electrons. The van der Waals surface area contributed by atoms with Gasteiger partial charge in [0, 0.05) is 32.7 Å². The predicted octanol–water partition coefficient (Wildman–Crippen LogP) is 1.69. The molecule has 0 radical (unpaired) electrons. The molecule has 1 atom stereocenters. The van der Waals surface area contributed by atoms with Crippen LogP contribution in [0.1, 0.15) is 38.6 Å². The summed E-state index contributed by atoms with van der Waals surface area (Å²) in [5.74, 6) is 0.823. The van der Waals surface area contributed by atoms with Gasteiger partial charge in [-0.3, -0.25) is 14.6 Å². The monoisotopic (exact) mass is 310 g/mol. The molecule has 0 aromatic carbocycles. The topological polar surface area (TPSA) is 48.7 Å². The molecule has 1 aromatic heterocycles. The quantitative estimate of drug-likeness (QED) is 0.903. The zero-order valence-corrected chi connectivity index (χ0v) is 13.9. The fourth-order valence-corrected chi connectivity index (χ4v) is 3.23. The van der Waals surface area contributed by atoms with Gasteiger partial charge < -0.3 is 0 Å². The van der Waals surface area contributed by atoms with E-state index in [2.05, 4.69) is 33.8 Å². The lowest BCUT2D eigenvalue weighted by Gasteiger charge is -2.23. The SMILES string of the molecule is CC1N=C(c2nn3c(c2Cl)CN(C(C)C)CCC3)N(C)N1. The van der Waals surface area contributed by atoms with Crippen LogP contribution in [0.2, 0.25) is 5.02 Å². The van der Waals surface area contributed by atoms with E-state index in [1.807, 2.05) is 19.0 Å². The third kappa shape index (κ3) is 2.67. The lowest BCUT2D eigenvalue weighted by atomic mass is 10.2. The average Bonchev–Trinajstić information content (AvgIpc) is 2.81. The number of rotatable bonds is 2. The van der Waals surface area contributed by atoms with E-state index in [0.717, 1.165) is 48.3 Å². The van der Waals surface area contributed by atoms with E-state index < -0.39 is 0 Å². The zero-order chi connectivity index (χ0) is 15.1. The largest absolute Gasteiger partial charge is 0.295 e. The number of amidine groups is 1. The van der Waals surface area contributed by atoms with E-state index >= 15 is 0 Å². The third-order valence-corrected chi connectivity index (χ3v) is 4.52. The van der Waals surface area contributed by atoms with E-state index in [1.54, 1.807) is 0 Å². The van der Waals surface area contributed by atoms with Gasteiger partial charge in [-0.2, -0.15) is 5.10 Å². The number of hydrogen-bond acceptors (Lipinski definition) is 5. The first-order chi connectivity index (χ1) is 9.97. The molecule has 0 spiro atoms.